The predicted octanol–water partition coefficient (Wildman–Crippen LogP) is 8.57. The van der Waals surface area contributed by atoms with Gasteiger partial charge in [0.1, 0.15) is 10.1 Å². The zero-order chi connectivity index (χ0) is 20.2. The van der Waals surface area contributed by atoms with Crippen LogP contribution in [-0.2, 0) is 4.43 Å². The van der Waals surface area contributed by atoms with Gasteiger partial charge in [0.25, 0.3) is 8.32 Å². The van der Waals surface area contributed by atoms with Crippen molar-refractivity contribution in [3.8, 4) is 0 Å². The molecule has 0 amide bonds. The van der Waals surface area contributed by atoms with Gasteiger partial charge in [-0.15, -0.1) is 0 Å². The zero-order valence-corrected chi connectivity index (χ0v) is 20.3. The molecule has 0 spiro atoms. The number of nitrogens with zero attached hydrogens (tertiary/aromatic N) is 1. The van der Waals surface area contributed by atoms with Crippen LogP contribution in [0.2, 0.25) is 18.1 Å². The van der Waals surface area contributed by atoms with Crippen molar-refractivity contribution in [3.63, 3.8) is 0 Å². The van der Waals surface area contributed by atoms with Crippen LogP contribution in [0.15, 0.2) is 40.6 Å². The van der Waals surface area contributed by atoms with Crippen LogP contribution < -0.4 is 0 Å². The van der Waals surface area contributed by atoms with E-state index in [-0.39, 0.29) is 5.04 Å². The second kappa shape index (κ2) is 12.7. The van der Waals surface area contributed by atoms with Crippen molar-refractivity contribution in [1.29, 1.82) is 0 Å². The second-order valence-corrected chi connectivity index (χ2v) is 14.7. The molecule has 1 aromatic heterocycles. The molecule has 0 aliphatic carbocycles. The SMILES string of the molecule is CCCCCCCCCC/C=C(\O[Si](C)(C)C(C)(C)C)Sc1ccccn1. The van der Waals surface area contributed by atoms with E-state index in [1.165, 1.54) is 51.4 Å². The molecule has 0 saturated carbocycles. The third-order valence-corrected chi connectivity index (χ3v) is 10.8. The van der Waals surface area contributed by atoms with Gasteiger partial charge in [-0.25, -0.2) is 4.98 Å². The first-order valence-corrected chi connectivity index (χ1v) is 14.5. The molecule has 1 aromatic rings. The van der Waals surface area contributed by atoms with Gasteiger partial charge in [-0.2, -0.15) is 0 Å². The van der Waals surface area contributed by atoms with Crippen LogP contribution in [0.5, 0.6) is 0 Å². The van der Waals surface area contributed by atoms with Gasteiger partial charge in [-0.05, 0) is 60.9 Å². The molecule has 0 radical (unpaired) electrons. The minimum absolute atomic E-state index is 0.204. The maximum absolute atomic E-state index is 6.60. The smallest absolute Gasteiger partial charge is 0.251 e. The quantitative estimate of drug-likeness (QED) is 0.141. The van der Waals surface area contributed by atoms with Crippen molar-refractivity contribution in [3.05, 3.63) is 35.6 Å². The Hall–Kier alpha value is -0.743. The Kier molecular flexibility index (Phi) is 11.4. The van der Waals surface area contributed by atoms with E-state index in [2.05, 4.69) is 57.9 Å². The van der Waals surface area contributed by atoms with E-state index in [1.54, 1.807) is 11.8 Å². The molecule has 4 heteroatoms. The van der Waals surface area contributed by atoms with Crippen molar-refractivity contribution in [2.45, 2.75) is 109 Å². The highest BCUT2D eigenvalue weighted by Crippen LogP contribution is 2.40. The fourth-order valence-electron chi connectivity index (χ4n) is 2.52. The van der Waals surface area contributed by atoms with Crippen molar-refractivity contribution >= 4 is 20.1 Å². The van der Waals surface area contributed by atoms with E-state index < -0.39 is 8.32 Å². The van der Waals surface area contributed by atoms with E-state index in [0.29, 0.717) is 0 Å². The van der Waals surface area contributed by atoms with E-state index in [9.17, 15) is 0 Å². The number of rotatable bonds is 13. The third kappa shape index (κ3) is 10.4. The van der Waals surface area contributed by atoms with Crippen LogP contribution in [0.3, 0.4) is 0 Å². The molecule has 0 bridgehead atoms. The van der Waals surface area contributed by atoms with Gasteiger partial charge in [0.15, 0.2) is 0 Å². The average molecular weight is 408 g/mol. The number of allylic oxidation sites excluding steroid dienone is 1. The normalized spacial score (nSPS) is 13.0. The van der Waals surface area contributed by atoms with Gasteiger partial charge in [-0.3, -0.25) is 0 Å². The number of unbranched alkanes of at least 4 members (excludes halogenated alkanes) is 8. The summed E-state index contributed by atoms with van der Waals surface area (Å²) in [6, 6.07) is 6.06. The van der Waals surface area contributed by atoms with Crippen molar-refractivity contribution < 1.29 is 4.43 Å². The first-order chi connectivity index (χ1) is 12.8. The van der Waals surface area contributed by atoms with E-state index >= 15 is 0 Å². The molecule has 0 atom stereocenters. The number of thioether (sulfide) groups is 1. The lowest BCUT2D eigenvalue weighted by molar-refractivity contribution is 0.415. The zero-order valence-electron chi connectivity index (χ0n) is 18.5. The van der Waals surface area contributed by atoms with Gasteiger partial charge in [0, 0.05) is 6.20 Å². The van der Waals surface area contributed by atoms with Crippen LogP contribution in [-0.4, -0.2) is 13.3 Å². The Morgan fingerprint density at radius 1 is 1.04 bits per heavy atom. The van der Waals surface area contributed by atoms with Gasteiger partial charge >= 0.3 is 0 Å². The summed E-state index contributed by atoms with van der Waals surface area (Å²) in [5.74, 6) is 0. The number of hydrogen-bond donors (Lipinski definition) is 0. The Morgan fingerprint density at radius 2 is 1.67 bits per heavy atom. The molecule has 0 aliphatic rings. The van der Waals surface area contributed by atoms with Crippen LogP contribution in [0.1, 0.15) is 85.5 Å². The molecular formula is C23H41NOSSi. The Morgan fingerprint density at radius 3 is 2.22 bits per heavy atom. The molecule has 1 rings (SSSR count). The number of aromatic nitrogens is 1. The Bertz CT molecular complexity index is 537. The minimum atomic E-state index is -1.83. The van der Waals surface area contributed by atoms with Crippen molar-refractivity contribution in [2.75, 3.05) is 0 Å². The lowest BCUT2D eigenvalue weighted by Gasteiger charge is -2.37. The molecule has 0 N–H and O–H groups in total. The molecule has 0 aliphatic heterocycles. The highest BCUT2D eigenvalue weighted by Gasteiger charge is 2.39. The standard InChI is InChI=1S/C23H41NOSSi/c1-7-8-9-10-11-12-13-14-15-19-22(25-27(5,6)23(2,3)4)26-21-18-16-17-20-24-21/h16-20H,7-15H2,1-6H3/b22-19+. The van der Waals surface area contributed by atoms with Crippen molar-refractivity contribution in [2.24, 2.45) is 0 Å². The average Bonchev–Trinajstić information content (AvgIpc) is 2.60. The number of hydrogen-bond acceptors (Lipinski definition) is 3. The van der Waals surface area contributed by atoms with E-state index in [1.807, 2.05) is 18.3 Å². The summed E-state index contributed by atoms with van der Waals surface area (Å²) in [5, 5.41) is 2.26. The maximum atomic E-state index is 6.60. The summed E-state index contributed by atoms with van der Waals surface area (Å²) in [6.45, 7) is 13.8. The van der Waals surface area contributed by atoms with Gasteiger partial charge in [0.05, 0.1) is 0 Å². The summed E-state index contributed by atoms with van der Waals surface area (Å²) in [7, 11) is -1.83. The highest BCUT2D eigenvalue weighted by molar-refractivity contribution is 8.02. The maximum Gasteiger partial charge on any atom is 0.251 e. The Balaban J connectivity index is 2.54. The lowest BCUT2D eigenvalue weighted by atomic mass is 10.1. The molecule has 27 heavy (non-hydrogen) atoms. The number of pyridine rings is 1. The van der Waals surface area contributed by atoms with Crippen LogP contribution in [0.4, 0.5) is 0 Å². The van der Waals surface area contributed by atoms with E-state index in [4.69, 9.17) is 4.43 Å². The molecule has 154 valence electrons. The summed E-state index contributed by atoms with van der Waals surface area (Å²) in [6.07, 6.45) is 16.1. The van der Waals surface area contributed by atoms with Crippen molar-refractivity contribution in [1.82, 2.24) is 4.98 Å². The first kappa shape index (κ1) is 24.3. The van der Waals surface area contributed by atoms with E-state index in [0.717, 1.165) is 16.5 Å². The Labute approximate surface area is 173 Å². The summed E-state index contributed by atoms with van der Waals surface area (Å²) >= 11 is 1.67. The molecule has 0 saturated heterocycles. The summed E-state index contributed by atoms with van der Waals surface area (Å²) in [5.41, 5.74) is 0. The lowest BCUT2D eigenvalue weighted by Crippen LogP contribution is -2.40. The molecule has 0 unspecified atom stereocenters. The predicted molar refractivity (Wildman–Crippen MR) is 124 cm³/mol. The van der Waals surface area contributed by atoms with Crippen LogP contribution in [0, 0.1) is 0 Å². The molecule has 2 nitrogen and oxygen atoms in total. The van der Waals surface area contributed by atoms with Crippen LogP contribution >= 0.6 is 11.8 Å². The molecule has 0 fully saturated rings. The topological polar surface area (TPSA) is 22.1 Å². The summed E-state index contributed by atoms with van der Waals surface area (Å²) < 4.78 is 6.60. The minimum Gasteiger partial charge on any atom is -0.539 e. The highest BCUT2D eigenvalue weighted by atomic mass is 32.2. The monoisotopic (exact) mass is 407 g/mol. The molecular weight excluding hydrogens is 366 g/mol. The second-order valence-electron chi connectivity index (χ2n) is 8.92. The third-order valence-electron chi connectivity index (χ3n) is 5.37. The van der Waals surface area contributed by atoms with Crippen LogP contribution in [0.25, 0.3) is 0 Å². The molecule has 1 heterocycles. The fraction of sp³-hybridized carbons (Fsp3) is 0.696. The van der Waals surface area contributed by atoms with Gasteiger partial charge in [0.2, 0.25) is 0 Å². The van der Waals surface area contributed by atoms with Gasteiger partial charge < -0.3 is 4.43 Å². The molecule has 0 aromatic carbocycles. The summed E-state index contributed by atoms with van der Waals surface area (Å²) in [4.78, 5) is 4.46. The first-order valence-electron chi connectivity index (χ1n) is 10.7. The fourth-order valence-corrected chi connectivity index (χ4v) is 4.87. The van der Waals surface area contributed by atoms with Gasteiger partial charge in [-0.1, -0.05) is 78.7 Å². The largest absolute Gasteiger partial charge is 0.539 e.